The number of aryl methyl sites for hydroxylation is 1. The molecule has 2 atom stereocenters. The van der Waals surface area contributed by atoms with Crippen LogP contribution >= 0.6 is 0 Å². The van der Waals surface area contributed by atoms with Crippen LogP contribution in [-0.4, -0.2) is 64.8 Å². The van der Waals surface area contributed by atoms with Gasteiger partial charge in [0.1, 0.15) is 18.5 Å². The second kappa shape index (κ2) is 9.69. The molecule has 6 nitrogen and oxygen atoms in total. The lowest BCUT2D eigenvalue weighted by Crippen LogP contribution is -2.47. The standard InChI is InChI=1S/C21H29N3O3/c1-3-6-18-7-4-5-8-21(18)27-16-19(25)13-23-9-10-26-20(14-23)15-24-12-17(2)11-22-24/h3-5,7-8,11-12,19-20,25H,1,6,9-10,13-16H2,2H3. The zero-order valence-electron chi connectivity index (χ0n) is 16.0. The third-order valence-corrected chi connectivity index (χ3v) is 4.61. The monoisotopic (exact) mass is 371 g/mol. The van der Waals surface area contributed by atoms with Gasteiger partial charge in [0, 0.05) is 25.8 Å². The molecule has 0 saturated carbocycles. The summed E-state index contributed by atoms with van der Waals surface area (Å²) < 4.78 is 13.6. The van der Waals surface area contributed by atoms with Crippen molar-refractivity contribution >= 4 is 0 Å². The highest BCUT2D eigenvalue weighted by atomic mass is 16.5. The Bertz CT molecular complexity index is 731. The number of benzene rings is 1. The molecule has 2 heterocycles. The lowest BCUT2D eigenvalue weighted by molar-refractivity contribution is -0.0517. The molecule has 0 aliphatic carbocycles. The van der Waals surface area contributed by atoms with Gasteiger partial charge in [-0.3, -0.25) is 9.58 Å². The van der Waals surface area contributed by atoms with Crippen LogP contribution in [-0.2, 0) is 17.7 Å². The number of nitrogens with zero attached hydrogens (tertiary/aromatic N) is 3. The van der Waals surface area contributed by atoms with Crippen LogP contribution < -0.4 is 4.74 Å². The Morgan fingerprint density at radius 3 is 3.07 bits per heavy atom. The number of ether oxygens (including phenoxy) is 2. The first-order valence-electron chi connectivity index (χ1n) is 9.46. The molecule has 146 valence electrons. The molecule has 1 N–H and O–H groups in total. The molecule has 1 aliphatic rings. The molecule has 1 aromatic carbocycles. The zero-order valence-corrected chi connectivity index (χ0v) is 16.0. The molecule has 2 unspecified atom stereocenters. The fraction of sp³-hybridized carbons (Fsp3) is 0.476. The van der Waals surface area contributed by atoms with Crippen LogP contribution in [0.15, 0.2) is 49.3 Å². The number of rotatable bonds is 9. The highest BCUT2D eigenvalue weighted by Gasteiger charge is 2.23. The SMILES string of the molecule is C=CCc1ccccc1OCC(O)CN1CCOC(Cn2cc(C)cn2)C1. The summed E-state index contributed by atoms with van der Waals surface area (Å²) in [6.07, 6.45) is 6.02. The van der Waals surface area contributed by atoms with Gasteiger partial charge in [-0.2, -0.15) is 5.10 Å². The predicted molar refractivity (Wildman–Crippen MR) is 105 cm³/mol. The summed E-state index contributed by atoms with van der Waals surface area (Å²) in [5.74, 6) is 0.811. The first-order chi connectivity index (χ1) is 13.1. The Balaban J connectivity index is 1.46. The van der Waals surface area contributed by atoms with E-state index in [2.05, 4.69) is 16.6 Å². The highest BCUT2D eigenvalue weighted by molar-refractivity contribution is 5.34. The van der Waals surface area contributed by atoms with E-state index < -0.39 is 6.10 Å². The van der Waals surface area contributed by atoms with Gasteiger partial charge in [-0.25, -0.2) is 0 Å². The summed E-state index contributed by atoms with van der Waals surface area (Å²) in [4.78, 5) is 2.23. The van der Waals surface area contributed by atoms with Crippen LogP contribution in [0.3, 0.4) is 0 Å². The summed E-state index contributed by atoms with van der Waals surface area (Å²) in [6, 6.07) is 7.88. The minimum absolute atomic E-state index is 0.0829. The van der Waals surface area contributed by atoms with Crippen LogP contribution in [0, 0.1) is 6.92 Å². The highest BCUT2D eigenvalue weighted by Crippen LogP contribution is 2.19. The van der Waals surface area contributed by atoms with Gasteiger partial charge in [-0.1, -0.05) is 24.3 Å². The van der Waals surface area contributed by atoms with Gasteiger partial charge in [0.25, 0.3) is 0 Å². The fourth-order valence-electron chi connectivity index (χ4n) is 3.34. The van der Waals surface area contributed by atoms with Gasteiger partial charge in [-0.15, -0.1) is 6.58 Å². The Kier molecular flexibility index (Phi) is 7.04. The molecule has 27 heavy (non-hydrogen) atoms. The van der Waals surface area contributed by atoms with Crippen molar-refractivity contribution in [3.05, 3.63) is 60.4 Å². The minimum Gasteiger partial charge on any atom is -0.491 e. The van der Waals surface area contributed by atoms with Crippen LogP contribution in [0.4, 0.5) is 0 Å². The van der Waals surface area contributed by atoms with E-state index in [0.717, 1.165) is 42.9 Å². The second-order valence-electron chi connectivity index (χ2n) is 7.06. The molecule has 1 aromatic heterocycles. The quantitative estimate of drug-likeness (QED) is 0.684. The maximum Gasteiger partial charge on any atom is 0.122 e. The van der Waals surface area contributed by atoms with E-state index in [1.165, 1.54) is 0 Å². The number of aliphatic hydroxyl groups excluding tert-OH is 1. The number of morpholine rings is 1. The van der Waals surface area contributed by atoms with E-state index in [0.29, 0.717) is 13.2 Å². The molecule has 0 spiro atoms. The summed E-state index contributed by atoms with van der Waals surface area (Å²) in [5.41, 5.74) is 2.23. The van der Waals surface area contributed by atoms with Crippen LogP contribution in [0.1, 0.15) is 11.1 Å². The molecule has 1 fully saturated rings. The van der Waals surface area contributed by atoms with Crippen molar-refractivity contribution in [2.75, 3.05) is 32.8 Å². The number of para-hydroxylation sites is 1. The van der Waals surface area contributed by atoms with Crippen molar-refractivity contribution in [1.82, 2.24) is 14.7 Å². The second-order valence-corrected chi connectivity index (χ2v) is 7.06. The van der Waals surface area contributed by atoms with Crippen molar-refractivity contribution in [1.29, 1.82) is 0 Å². The molecule has 0 radical (unpaired) electrons. The zero-order chi connectivity index (χ0) is 19.1. The molecule has 1 saturated heterocycles. The largest absolute Gasteiger partial charge is 0.491 e. The number of β-amino-alcohol motifs (C(OH)–C–C–N with tert-alkyl or cyclic N) is 1. The van der Waals surface area contributed by atoms with Crippen molar-refractivity contribution in [3.8, 4) is 5.75 Å². The predicted octanol–water partition coefficient (Wildman–Crippen LogP) is 2.06. The van der Waals surface area contributed by atoms with E-state index in [9.17, 15) is 5.11 Å². The van der Waals surface area contributed by atoms with Gasteiger partial charge in [0.2, 0.25) is 0 Å². The van der Waals surface area contributed by atoms with Gasteiger partial charge >= 0.3 is 0 Å². The van der Waals surface area contributed by atoms with E-state index in [1.54, 1.807) is 0 Å². The topological polar surface area (TPSA) is 59.8 Å². The molecule has 0 amide bonds. The van der Waals surface area contributed by atoms with Crippen LogP contribution in [0.25, 0.3) is 0 Å². The number of allylic oxidation sites excluding steroid dienone is 1. The van der Waals surface area contributed by atoms with E-state index >= 15 is 0 Å². The molecule has 3 rings (SSSR count). The summed E-state index contributed by atoms with van der Waals surface area (Å²) in [6.45, 7) is 9.64. The average Bonchev–Trinajstić information content (AvgIpc) is 3.06. The average molecular weight is 371 g/mol. The summed E-state index contributed by atoms with van der Waals surface area (Å²) in [5, 5.41) is 14.7. The van der Waals surface area contributed by atoms with Crippen molar-refractivity contribution in [2.45, 2.75) is 32.1 Å². The van der Waals surface area contributed by atoms with Crippen molar-refractivity contribution in [3.63, 3.8) is 0 Å². The van der Waals surface area contributed by atoms with Crippen LogP contribution in [0.5, 0.6) is 5.75 Å². The molecule has 0 bridgehead atoms. The Labute approximate surface area is 161 Å². The number of aliphatic hydroxyl groups is 1. The van der Waals surface area contributed by atoms with Gasteiger partial charge in [0.15, 0.2) is 0 Å². The Morgan fingerprint density at radius 1 is 1.44 bits per heavy atom. The first-order valence-corrected chi connectivity index (χ1v) is 9.46. The molecule has 6 heteroatoms. The number of aromatic nitrogens is 2. The first kappa shape index (κ1) is 19.6. The van der Waals surface area contributed by atoms with Gasteiger partial charge < -0.3 is 14.6 Å². The molecular weight excluding hydrogens is 342 g/mol. The molecule has 1 aliphatic heterocycles. The number of hydrogen-bond acceptors (Lipinski definition) is 5. The van der Waals surface area contributed by atoms with E-state index in [1.807, 2.05) is 54.3 Å². The van der Waals surface area contributed by atoms with Crippen molar-refractivity contribution in [2.24, 2.45) is 0 Å². The fourth-order valence-corrected chi connectivity index (χ4v) is 3.34. The Hall–Kier alpha value is -2.15. The maximum atomic E-state index is 10.4. The van der Waals surface area contributed by atoms with E-state index in [-0.39, 0.29) is 12.7 Å². The van der Waals surface area contributed by atoms with E-state index in [4.69, 9.17) is 9.47 Å². The molecular formula is C21H29N3O3. The third kappa shape index (κ3) is 5.92. The Morgan fingerprint density at radius 2 is 2.30 bits per heavy atom. The molecule has 2 aromatic rings. The van der Waals surface area contributed by atoms with Crippen molar-refractivity contribution < 1.29 is 14.6 Å². The lowest BCUT2D eigenvalue weighted by Gasteiger charge is -2.34. The minimum atomic E-state index is -0.549. The summed E-state index contributed by atoms with van der Waals surface area (Å²) >= 11 is 0. The smallest absolute Gasteiger partial charge is 0.122 e. The van der Waals surface area contributed by atoms with Gasteiger partial charge in [-0.05, 0) is 30.5 Å². The maximum absolute atomic E-state index is 10.4. The van der Waals surface area contributed by atoms with Gasteiger partial charge in [0.05, 0.1) is 25.5 Å². The summed E-state index contributed by atoms with van der Waals surface area (Å²) in [7, 11) is 0. The normalized spacial score (nSPS) is 19.0. The third-order valence-electron chi connectivity index (χ3n) is 4.61. The number of hydrogen-bond donors (Lipinski definition) is 1. The van der Waals surface area contributed by atoms with Crippen LogP contribution in [0.2, 0.25) is 0 Å². The lowest BCUT2D eigenvalue weighted by atomic mass is 10.1.